The fourth-order valence-corrected chi connectivity index (χ4v) is 2.16. The molecule has 0 spiro atoms. The van der Waals surface area contributed by atoms with Gasteiger partial charge in [-0.15, -0.1) is 0 Å². The average Bonchev–Trinajstić information content (AvgIpc) is 3.01. The van der Waals surface area contributed by atoms with E-state index < -0.39 is 0 Å². The number of unbranched alkanes of at least 4 members (excludes halogenated alkanes) is 1. The number of carbonyl (C=O) groups is 1. The number of nitrogens with two attached hydrogens (primary N) is 1. The quantitative estimate of drug-likeness (QED) is 0.847. The molecule has 0 fully saturated rings. The summed E-state index contributed by atoms with van der Waals surface area (Å²) in [6.07, 6.45) is 5.42. The lowest BCUT2D eigenvalue weighted by Gasteiger charge is -2.20. The second-order valence-corrected chi connectivity index (χ2v) is 4.94. The molecule has 0 aliphatic heterocycles. The zero-order chi connectivity index (χ0) is 15.1. The van der Waals surface area contributed by atoms with Crippen LogP contribution in [0.25, 0.3) is 5.69 Å². The summed E-state index contributed by atoms with van der Waals surface area (Å²) in [4.78, 5) is 14.3. The van der Waals surface area contributed by atoms with Gasteiger partial charge in [0, 0.05) is 25.8 Å². The lowest BCUT2D eigenvalue weighted by Crippen LogP contribution is -2.36. The highest BCUT2D eigenvalue weighted by Gasteiger charge is 2.16. The van der Waals surface area contributed by atoms with Gasteiger partial charge in [0.25, 0.3) is 5.91 Å². The lowest BCUT2D eigenvalue weighted by molar-refractivity contribution is 0.0758. The third-order valence-corrected chi connectivity index (χ3v) is 3.32. The Morgan fingerprint density at radius 2 is 2.05 bits per heavy atom. The smallest absolute Gasteiger partial charge is 0.257 e. The van der Waals surface area contributed by atoms with Crippen LogP contribution in [0, 0.1) is 0 Å². The van der Waals surface area contributed by atoms with Crippen molar-refractivity contribution in [2.24, 2.45) is 5.73 Å². The third kappa shape index (κ3) is 3.92. The highest BCUT2D eigenvalue weighted by Crippen LogP contribution is 2.10. The largest absolute Gasteiger partial charge is 0.337 e. The van der Waals surface area contributed by atoms with Crippen LogP contribution in [0.3, 0.4) is 0 Å². The van der Waals surface area contributed by atoms with Gasteiger partial charge < -0.3 is 10.6 Å². The Balaban J connectivity index is 2.13. The van der Waals surface area contributed by atoms with E-state index in [2.05, 4.69) is 12.0 Å². The number of aromatic nitrogens is 2. The van der Waals surface area contributed by atoms with Gasteiger partial charge in [-0.3, -0.25) is 4.79 Å². The van der Waals surface area contributed by atoms with E-state index in [-0.39, 0.29) is 5.91 Å². The van der Waals surface area contributed by atoms with Crippen LogP contribution in [-0.2, 0) is 0 Å². The van der Waals surface area contributed by atoms with Crippen molar-refractivity contribution in [2.75, 3.05) is 19.6 Å². The fraction of sp³-hybridized carbons (Fsp3) is 0.375. The maximum absolute atomic E-state index is 12.5. The molecule has 2 aromatic rings. The van der Waals surface area contributed by atoms with Gasteiger partial charge in [0.2, 0.25) is 0 Å². The Labute approximate surface area is 125 Å². The summed E-state index contributed by atoms with van der Waals surface area (Å²) in [6.45, 7) is 3.90. The van der Waals surface area contributed by atoms with E-state index in [1.165, 1.54) is 0 Å². The minimum absolute atomic E-state index is 0.00363. The van der Waals surface area contributed by atoms with Gasteiger partial charge in [-0.05, 0) is 18.6 Å². The number of carbonyl (C=O) groups excluding carboxylic acids is 1. The molecule has 0 aliphatic carbocycles. The van der Waals surface area contributed by atoms with E-state index in [1.807, 2.05) is 30.3 Å². The zero-order valence-electron chi connectivity index (χ0n) is 12.4. The monoisotopic (exact) mass is 286 g/mol. The molecule has 0 aliphatic rings. The summed E-state index contributed by atoms with van der Waals surface area (Å²) >= 11 is 0. The van der Waals surface area contributed by atoms with E-state index in [4.69, 9.17) is 5.73 Å². The molecule has 1 aromatic carbocycles. The molecule has 112 valence electrons. The number of hydrogen-bond acceptors (Lipinski definition) is 3. The molecule has 0 bridgehead atoms. The van der Waals surface area contributed by atoms with Crippen LogP contribution in [0.2, 0.25) is 0 Å². The van der Waals surface area contributed by atoms with Crippen LogP contribution in [0.15, 0.2) is 42.7 Å². The number of rotatable bonds is 7. The highest BCUT2D eigenvalue weighted by molar-refractivity contribution is 5.93. The van der Waals surface area contributed by atoms with Gasteiger partial charge in [0.05, 0.1) is 17.4 Å². The summed E-state index contributed by atoms with van der Waals surface area (Å²) < 4.78 is 1.72. The summed E-state index contributed by atoms with van der Waals surface area (Å²) in [5.74, 6) is -0.00363. The van der Waals surface area contributed by atoms with Crippen molar-refractivity contribution in [3.8, 4) is 5.69 Å². The fourth-order valence-electron chi connectivity index (χ4n) is 2.16. The maximum atomic E-state index is 12.5. The zero-order valence-corrected chi connectivity index (χ0v) is 12.4. The Morgan fingerprint density at radius 1 is 1.29 bits per heavy atom. The van der Waals surface area contributed by atoms with Gasteiger partial charge in [0.15, 0.2) is 0 Å². The van der Waals surface area contributed by atoms with Crippen LogP contribution >= 0.6 is 0 Å². The number of hydrogen-bond donors (Lipinski definition) is 1. The molecule has 1 amide bonds. The molecule has 1 aromatic heterocycles. The number of nitrogens with zero attached hydrogens (tertiary/aromatic N) is 3. The van der Waals surface area contributed by atoms with Crippen molar-refractivity contribution in [3.05, 3.63) is 48.3 Å². The molecule has 2 N–H and O–H groups in total. The third-order valence-electron chi connectivity index (χ3n) is 3.32. The summed E-state index contributed by atoms with van der Waals surface area (Å²) in [5.41, 5.74) is 7.14. The number of amides is 1. The normalized spacial score (nSPS) is 10.6. The maximum Gasteiger partial charge on any atom is 0.257 e. The van der Waals surface area contributed by atoms with E-state index in [1.54, 1.807) is 22.0 Å². The Bertz CT molecular complexity index is 565. The molecule has 2 rings (SSSR count). The number of para-hydroxylation sites is 1. The van der Waals surface area contributed by atoms with Crippen molar-refractivity contribution >= 4 is 5.91 Å². The van der Waals surface area contributed by atoms with Crippen molar-refractivity contribution in [1.82, 2.24) is 14.7 Å². The van der Waals surface area contributed by atoms with Gasteiger partial charge in [-0.2, -0.15) is 5.10 Å². The van der Waals surface area contributed by atoms with E-state index in [9.17, 15) is 4.79 Å². The minimum atomic E-state index is -0.00363. The van der Waals surface area contributed by atoms with Gasteiger partial charge in [-0.25, -0.2) is 4.68 Å². The minimum Gasteiger partial charge on any atom is -0.337 e. The highest BCUT2D eigenvalue weighted by atomic mass is 16.2. The molecular weight excluding hydrogens is 264 g/mol. The molecule has 0 saturated carbocycles. The molecule has 5 heteroatoms. The first-order chi connectivity index (χ1) is 10.3. The standard InChI is InChI=1S/C16H22N4O/c1-2-3-10-19(11-9-17)16(21)14-12-18-20(13-14)15-7-5-4-6-8-15/h4-8,12-13H,2-3,9-11,17H2,1H3. The van der Waals surface area contributed by atoms with Crippen LogP contribution < -0.4 is 5.73 Å². The van der Waals surface area contributed by atoms with Crippen molar-refractivity contribution in [1.29, 1.82) is 0 Å². The van der Waals surface area contributed by atoms with Crippen LogP contribution in [0.5, 0.6) is 0 Å². The predicted octanol–water partition coefficient (Wildman–Crippen LogP) is 2.07. The first kappa shape index (κ1) is 15.3. The van der Waals surface area contributed by atoms with Gasteiger partial charge >= 0.3 is 0 Å². The molecule has 21 heavy (non-hydrogen) atoms. The Morgan fingerprint density at radius 3 is 2.71 bits per heavy atom. The van der Waals surface area contributed by atoms with Crippen molar-refractivity contribution in [2.45, 2.75) is 19.8 Å². The molecule has 0 saturated heterocycles. The summed E-state index contributed by atoms with van der Waals surface area (Å²) in [5, 5.41) is 4.27. The first-order valence-electron chi connectivity index (χ1n) is 7.35. The topological polar surface area (TPSA) is 64.2 Å². The summed E-state index contributed by atoms with van der Waals surface area (Å²) in [6, 6.07) is 9.75. The van der Waals surface area contributed by atoms with Crippen LogP contribution in [0.4, 0.5) is 0 Å². The molecular formula is C16H22N4O. The van der Waals surface area contributed by atoms with Crippen LogP contribution in [0.1, 0.15) is 30.1 Å². The molecule has 1 heterocycles. The molecule has 0 unspecified atom stereocenters. The average molecular weight is 286 g/mol. The lowest BCUT2D eigenvalue weighted by atomic mass is 10.2. The first-order valence-corrected chi connectivity index (χ1v) is 7.35. The predicted molar refractivity (Wildman–Crippen MR) is 83.4 cm³/mol. The van der Waals surface area contributed by atoms with Crippen molar-refractivity contribution < 1.29 is 4.79 Å². The van der Waals surface area contributed by atoms with E-state index in [0.717, 1.165) is 25.1 Å². The van der Waals surface area contributed by atoms with Crippen molar-refractivity contribution in [3.63, 3.8) is 0 Å². The Kier molecular flexibility index (Phi) is 5.51. The molecule has 0 atom stereocenters. The second-order valence-electron chi connectivity index (χ2n) is 4.94. The molecule has 5 nitrogen and oxygen atoms in total. The van der Waals surface area contributed by atoms with Crippen LogP contribution in [-0.4, -0.2) is 40.2 Å². The number of benzene rings is 1. The van der Waals surface area contributed by atoms with Gasteiger partial charge in [0.1, 0.15) is 0 Å². The molecule has 0 radical (unpaired) electrons. The van der Waals surface area contributed by atoms with E-state index >= 15 is 0 Å². The van der Waals surface area contributed by atoms with Gasteiger partial charge in [-0.1, -0.05) is 31.5 Å². The SMILES string of the molecule is CCCCN(CCN)C(=O)c1cnn(-c2ccccc2)c1. The van der Waals surface area contributed by atoms with E-state index in [0.29, 0.717) is 18.7 Å². The Hall–Kier alpha value is -2.14. The summed E-state index contributed by atoms with van der Waals surface area (Å²) in [7, 11) is 0. The second kappa shape index (κ2) is 7.59.